The molecule has 0 saturated heterocycles. The topological polar surface area (TPSA) is 35.0 Å². The molecule has 0 aliphatic rings. The number of benzene rings is 1. The van der Waals surface area contributed by atoms with Crippen molar-refractivity contribution in [1.29, 1.82) is 0 Å². The van der Waals surface area contributed by atoms with Crippen LogP contribution in [0.5, 0.6) is 5.75 Å². The highest BCUT2D eigenvalue weighted by molar-refractivity contribution is 5.59. The Morgan fingerprint density at radius 2 is 1.83 bits per heavy atom. The van der Waals surface area contributed by atoms with Crippen molar-refractivity contribution in [3.63, 3.8) is 0 Å². The lowest BCUT2D eigenvalue weighted by Gasteiger charge is -2.08. The van der Waals surface area contributed by atoms with Gasteiger partial charge in [0, 0.05) is 11.8 Å². The molecular weight excluding hydrogens is 291 g/mol. The summed E-state index contributed by atoms with van der Waals surface area (Å²) in [5.74, 6) is -0.0479. The summed E-state index contributed by atoms with van der Waals surface area (Å²) in [4.78, 5) is 8.79. The standard InChI is InChI=1S/C19H25FN2O/c1-3-5-7-11-23-19-10-9-15(12-17(19)20)18-14-21-16(13-22-18)8-6-4-2/h9-10,12-14H,3-8,11H2,1-2H3. The highest BCUT2D eigenvalue weighted by Gasteiger charge is 2.08. The van der Waals surface area contributed by atoms with Crippen LogP contribution in [0.4, 0.5) is 4.39 Å². The van der Waals surface area contributed by atoms with E-state index in [1.807, 2.05) is 6.07 Å². The second-order valence-corrected chi connectivity index (χ2v) is 5.70. The predicted octanol–water partition coefficient (Wildman–Crippen LogP) is 5.19. The number of ether oxygens (including phenoxy) is 1. The smallest absolute Gasteiger partial charge is 0.165 e. The van der Waals surface area contributed by atoms with E-state index in [-0.39, 0.29) is 5.82 Å². The molecule has 0 unspecified atom stereocenters. The summed E-state index contributed by atoms with van der Waals surface area (Å²) in [7, 11) is 0. The first-order chi connectivity index (χ1) is 11.2. The molecule has 2 rings (SSSR count). The molecule has 0 fully saturated rings. The quantitative estimate of drug-likeness (QED) is 0.597. The maximum Gasteiger partial charge on any atom is 0.165 e. The van der Waals surface area contributed by atoms with Crippen molar-refractivity contribution in [3.8, 4) is 17.0 Å². The van der Waals surface area contributed by atoms with Gasteiger partial charge in [0.15, 0.2) is 11.6 Å². The van der Waals surface area contributed by atoms with Gasteiger partial charge >= 0.3 is 0 Å². The van der Waals surface area contributed by atoms with E-state index >= 15 is 0 Å². The average Bonchev–Trinajstić information content (AvgIpc) is 2.58. The molecule has 0 amide bonds. The molecule has 0 saturated carbocycles. The number of unbranched alkanes of at least 4 members (excludes halogenated alkanes) is 3. The molecule has 0 aliphatic carbocycles. The van der Waals surface area contributed by atoms with Gasteiger partial charge < -0.3 is 4.74 Å². The molecule has 3 nitrogen and oxygen atoms in total. The van der Waals surface area contributed by atoms with Crippen LogP contribution in [0.15, 0.2) is 30.6 Å². The first-order valence-corrected chi connectivity index (χ1v) is 8.48. The van der Waals surface area contributed by atoms with E-state index in [0.717, 1.165) is 49.8 Å². The Hall–Kier alpha value is -1.97. The zero-order valence-corrected chi connectivity index (χ0v) is 14.0. The molecule has 4 heteroatoms. The van der Waals surface area contributed by atoms with Gasteiger partial charge in [0.1, 0.15) is 0 Å². The zero-order valence-electron chi connectivity index (χ0n) is 14.0. The van der Waals surface area contributed by atoms with Gasteiger partial charge in [-0.25, -0.2) is 4.39 Å². The van der Waals surface area contributed by atoms with E-state index in [2.05, 4.69) is 23.8 Å². The second kappa shape index (κ2) is 9.23. The molecule has 0 bridgehead atoms. The van der Waals surface area contributed by atoms with Crippen LogP contribution in [0, 0.1) is 5.82 Å². The molecule has 23 heavy (non-hydrogen) atoms. The van der Waals surface area contributed by atoms with Gasteiger partial charge in [-0.1, -0.05) is 33.1 Å². The first-order valence-electron chi connectivity index (χ1n) is 8.48. The van der Waals surface area contributed by atoms with Crippen LogP contribution in [0.2, 0.25) is 0 Å². The molecule has 1 aromatic carbocycles. The summed E-state index contributed by atoms with van der Waals surface area (Å²) >= 11 is 0. The molecule has 1 heterocycles. The van der Waals surface area contributed by atoms with Crippen molar-refractivity contribution in [2.24, 2.45) is 0 Å². The Morgan fingerprint density at radius 3 is 2.48 bits per heavy atom. The summed E-state index contributed by atoms with van der Waals surface area (Å²) in [6, 6.07) is 4.96. The van der Waals surface area contributed by atoms with Crippen molar-refractivity contribution in [2.75, 3.05) is 6.61 Å². The third-order valence-electron chi connectivity index (χ3n) is 3.72. The van der Waals surface area contributed by atoms with Gasteiger partial charge in [-0.2, -0.15) is 0 Å². The van der Waals surface area contributed by atoms with E-state index in [4.69, 9.17) is 4.74 Å². The van der Waals surface area contributed by atoms with E-state index in [1.54, 1.807) is 18.5 Å². The first kappa shape index (κ1) is 17.4. The highest BCUT2D eigenvalue weighted by Crippen LogP contribution is 2.24. The van der Waals surface area contributed by atoms with Crippen molar-refractivity contribution in [2.45, 2.75) is 52.4 Å². The van der Waals surface area contributed by atoms with Gasteiger partial charge in [0.2, 0.25) is 0 Å². The molecule has 0 radical (unpaired) electrons. The Morgan fingerprint density at radius 1 is 1.00 bits per heavy atom. The SMILES string of the molecule is CCCCCOc1ccc(-c2cnc(CCCC)cn2)cc1F. The predicted molar refractivity (Wildman–Crippen MR) is 91.1 cm³/mol. The van der Waals surface area contributed by atoms with Crippen molar-refractivity contribution < 1.29 is 9.13 Å². The van der Waals surface area contributed by atoms with Gasteiger partial charge in [-0.3, -0.25) is 9.97 Å². The number of halogens is 1. The fraction of sp³-hybridized carbons (Fsp3) is 0.474. The lowest BCUT2D eigenvalue weighted by molar-refractivity contribution is 0.291. The number of hydrogen-bond acceptors (Lipinski definition) is 3. The third-order valence-corrected chi connectivity index (χ3v) is 3.72. The molecule has 0 spiro atoms. The van der Waals surface area contributed by atoms with E-state index < -0.39 is 0 Å². The normalized spacial score (nSPS) is 10.7. The summed E-state index contributed by atoms with van der Waals surface area (Å²) in [6.45, 7) is 4.83. The average molecular weight is 316 g/mol. The maximum atomic E-state index is 14.1. The van der Waals surface area contributed by atoms with Crippen LogP contribution < -0.4 is 4.74 Å². The second-order valence-electron chi connectivity index (χ2n) is 5.70. The Bertz CT molecular complexity index is 599. The minimum absolute atomic E-state index is 0.303. The summed E-state index contributed by atoms with van der Waals surface area (Å²) in [6.07, 6.45) is 9.82. The Labute approximate surface area is 137 Å². The van der Waals surface area contributed by atoms with Crippen LogP contribution in [0.25, 0.3) is 11.3 Å². The van der Waals surface area contributed by atoms with E-state index in [9.17, 15) is 4.39 Å². The molecule has 0 N–H and O–H groups in total. The van der Waals surface area contributed by atoms with Crippen LogP contribution in [0.3, 0.4) is 0 Å². The molecule has 0 atom stereocenters. The van der Waals surface area contributed by atoms with E-state index in [1.165, 1.54) is 6.07 Å². The van der Waals surface area contributed by atoms with Crippen molar-refractivity contribution in [3.05, 3.63) is 42.1 Å². The van der Waals surface area contributed by atoms with Gasteiger partial charge in [-0.05, 0) is 37.5 Å². The molecular formula is C19H25FN2O. The Kier molecular flexibility index (Phi) is 6.98. The molecule has 2 aromatic rings. The van der Waals surface area contributed by atoms with Crippen LogP contribution in [0.1, 0.15) is 51.6 Å². The summed E-state index contributed by atoms with van der Waals surface area (Å²) < 4.78 is 19.6. The zero-order chi connectivity index (χ0) is 16.5. The van der Waals surface area contributed by atoms with Crippen molar-refractivity contribution in [1.82, 2.24) is 9.97 Å². The summed E-state index contributed by atoms with van der Waals surface area (Å²) in [5.41, 5.74) is 2.38. The van der Waals surface area contributed by atoms with Gasteiger partial charge in [0.05, 0.1) is 24.2 Å². The number of rotatable bonds is 9. The molecule has 1 aromatic heterocycles. The lowest BCUT2D eigenvalue weighted by atomic mass is 10.1. The van der Waals surface area contributed by atoms with Crippen LogP contribution in [-0.2, 0) is 6.42 Å². The Balaban J connectivity index is 2.01. The lowest BCUT2D eigenvalue weighted by Crippen LogP contribution is -1.99. The minimum Gasteiger partial charge on any atom is -0.491 e. The maximum absolute atomic E-state index is 14.1. The molecule has 124 valence electrons. The highest BCUT2D eigenvalue weighted by atomic mass is 19.1. The van der Waals surface area contributed by atoms with Gasteiger partial charge in [0.25, 0.3) is 0 Å². The van der Waals surface area contributed by atoms with Crippen molar-refractivity contribution >= 4 is 0 Å². The van der Waals surface area contributed by atoms with E-state index in [0.29, 0.717) is 18.1 Å². The van der Waals surface area contributed by atoms with Gasteiger partial charge in [-0.15, -0.1) is 0 Å². The fourth-order valence-corrected chi connectivity index (χ4v) is 2.30. The minimum atomic E-state index is -0.351. The van der Waals surface area contributed by atoms with Crippen LogP contribution >= 0.6 is 0 Å². The number of aryl methyl sites for hydroxylation is 1. The van der Waals surface area contributed by atoms with Crippen LogP contribution in [-0.4, -0.2) is 16.6 Å². The number of nitrogens with zero attached hydrogens (tertiary/aromatic N) is 2. The number of hydrogen-bond donors (Lipinski definition) is 0. The number of aromatic nitrogens is 2. The fourth-order valence-electron chi connectivity index (χ4n) is 2.30. The molecule has 0 aliphatic heterocycles. The third kappa shape index (κ3) is 5.31. The largest absolute Gasteiger partial charge is 0.491 e. The summed E-state index contributed by atoms with van der Waals surface area (Å²) in [5, 5.41) is 0. The monoisotopic (exact) mass is 316 g/mol.